The number of hydrogen-bond acceptors (Lipinski definition) is 4. The van der Waals surface area contributed by atoms with Gasteiger partial charge in [-0.05, 0) is 58.6 Å². The van der Waals surface area contributed by atoms with Crippen LogP contribution < -0.4 is 5.46 Å². The number of nitrogens with zero attached hydrogens (tertiary/aromatic N) is 1. The minimum atomic E-state index is -0.296. The standard InChI is InChI=1S/C21H30BNO3/c1-20(2)21(3,4)26-22(25-20)17-8-6-15(7-9-17)10-16-11-18-13-24-14-19(12-16)23(18)5/h6-9,11,18-19H,10,12-14H2,1-5H3. The molecule has 3 aliphatic heterocycles. The predicted octanol–water partition coefficient (Wildman–Crippen LogP) is 2.56. The summed E-state index contributed by atoms with van der Waals surface area (Å²) in [4.78, 5) is 2.45. The van der Waals surface area contributed by atoms with Gasteiger partial charge in [0.25, 0.3) is 0 Å². The van der Waals surface area contributed by atoms with Gasteiger partial charge in [-0.2, -0.15) is 0 Å². The Labute approximate surface area is 157 Å². The van der Waals surface area contributed by atoms with Crippen molar-refractivity contribution in [1.29, 1.82) is 0 Å². The van der Waals surface area contributed by atoms with E-state index in [9.17, 15) is 0 Å². The molecule has 2 unspecified atom stereocenters. The summed E-state index contributed by atoms with van der Waals surface area (Å²) in [5, 5.41) is 0. The van der Waals surface area contributed by atoms with Gasteiger partial charge in [0.05, 0.1) is 30.5 Å². The molecule has 26 heavy (non-hydrogen) atoms. The van der Waals surface area contributed by atoms with E-state index in [1.54, 1.807) is 0 Å². The molecule has 0 radical (unpaired) electrons. The Bertz CT molecular complexity index is 682. The summed E-state index contributed by atoms with van der Waals surface area (Å²) in [5.41, 5.74) is 3.38. The molecule has 4 nitrogen and oxygen atoms in total. The molecule has 2 saturated heterocycles. The lowest BCUT2D eigenvalue weighted by molar-refractivity contribution is -0.0260. The number of ether oxygens (including phenoxy) is 1. The molecule has 0 aromatic heterocycles. The van der Waals surface area contributed by atoms with Crippen molar-refractivity contribution in [2.45, 2.75) is 63.8 Å². The zero-order valence-electron chi connectivity index (χ0n) is 16.6. The molecule has 0 aliphatic carbocycles. The number of morpholine rings is 1. The normalized spacial score (nSPS) is 30.3. The Hall–Kier alpha value is -1.14. The molecule has 2 atom stereocenters. The topological polar surface area (TPSA) is 30.9 Å². The third-order valence-corrected chi connectivity index (χ3v) is 6.56. The summed E-state index contributed by atoms with van der Waals surface area (Å²) >= 11 is 0. The molecule has 3 aliphatic rings. The van der Waals surface area contributed by atoms with E-state index in [1.807, 2.05) is 0 Å². The first-order valence-electron chi connectivity index (χ1n) is 9.69. The van der Waals surface area contributed by atoms with Crippen molar-refractivity contribution in [2.75, 3.05) is 20.3 Å². The first kappa shape index (κ1) is 18.2. The maximum Gasteiger partial charge on any atom is 0.494 e. The van der Waals surface area contributed by atoms with Crippen LogP contribution in [-0.2, 0) is 20.5 Å². The highest BCUT2D eigenvalue weighted by Crippen LogP contribution is 2.36. The Morgan fingerprint density at radius 1 is 1.04 bits per heavy atom. The second-order valence-electron chi connectivity index (χ2n) is 8.96. The van der Waals surface area contributed by atoms with Crippen molar-refractivity contribution in [3.8, 4) is 0 Å². The fraction of sp³-hybridized carbons (Fsp3) is 0.619. The summed E-state index contributed by atoms with van der Waals surface area (Å²) in [7, 11) is 1.93. The van der Waals surface area contributed by atoms with Crippen LogP contribution in [0, 0.1) is 0 Å². The predicted molar refractivity (Wildman–Crippen MR) is 105 cm³/mol. The molecule has 2 fully saturated rings. The average molecular weight is 355 g/mol. The van der Waals surface area contributed by atoms with E-state index in [0.717, 1.165) is 31.5 Å². The molecule has 3 heterocycles. The van der Waals surface area contributed by atoms with Crippen LogP contribution in [0.1, 0.15) is 39.7 Å². The van der Waals surface area contributed by atoms with E-state index in [-0.39, 0.29) is 18.3 Å². The van der Waals surface area contributed by atoms with Gasteiger partial charge in [0.2, 0.25) is 0 Å². The molecule has 140 valence electrons. The van der Waals surface area contributed by atoms with Crippen LogP contribution in [0.4, 0.5) is 0 Å². The number of benzene rings is 1. The number of likely N-dealkylation sites (N-methyl/N-ethyl adjacent to an activating group) is 1. The van der Waals surface area contributed by atoms with E-state index in [1.165, 1.54) is 11.1 Å². The van der Waals surface area contributed by atoms with Crippen molar-refractivity contribution in [3.63, 3.8) is 0 Å². The molecule has 0 spiro atoms. The lowest BCUT2D eigenvalue weighted by Crippen LogP contribution is -2.51. The molecule has 1 aromatic rings. The van der Waals surface area contributed by atoms with E-state index in [0.29, 0.717) is 12.1 Å². The monoisotopic (exact) mass is 355 g/mol. The Morgan fingerprint density at radius 2 is 1.69 bits per heavy atom. The third kappa shape index (κ3) is 3.26. The number of rotatable bonds is 3. The molecule has 0 N–H and O–H groups in total. The van der Waals surface area contributed by atoms with Gasteiger partial charge in [-0.1, -0.05) is 35.9 Å². The van der Waals surface area contributed by atoms with E-state index >= 15 is 0 Å². The van der Waals surface area contributed by atoms with Crippen molar-refractivity contribution >= 4 is 12.6 Å². The van der Waals surface area contributed by atoms with Crippen LogP contribution in [-0.4, -0.2) is 55.6 Å². The SMILES string of the molecule is CN1C2C=C(Cc3ccc(B4OC(C)(C)C(C)(C)O4)cc3)CC1COC2. The van der Waals surface area contributed by atoms with Crippen LogP contribution >= 0.6 is 0 Å². The quantitative estimate of drug-likeness (QED) is 0.616. The van der Waals surface area contributed by atoms with Crippen LogP contribution in [0.2, 0.25) is 0 Å². The minimum Gasteiger partial charge on any atom is -0.399 e. The molecule has 0 amide bonds. The average Bonchev–Trinajstić information content (AvgIpc) is 2.77. The van der Waals surface area contributed by atoms with Gasteiger partial charge in [-0.15, -0.1) is 0 Å². The van der Waals surface area contributed by atoms with E-state index < -0.39 is 0 Å². The highest BCUT2D eigenvalue weighted by Gasteiger charge is 2.51. The zero-order valence-corrected chi connectivity index (χ0v) is 16.6. The Kier molecular flexibility index (Phi) is 4.55. The fourth-order valence-electron chi connectivity index (χ4n) is 4.01. The van der Waals surface area contributed by atoms with Gasteiger partial charge in [0, 0.05) is 6.04 Å². The van der Waals surface area contributed by atoms with Crippen molar-refractivity contribution < 1.29 is 14.0 Å². The van der Waals surface area contributed by atoms with Crippen LogP contribution in [0.25, 0.3) is 0 Å². The highest BCUT2D eigenvalue weighted by atomic mass is 16.7. The highest BCUT2D eigenvalue weighted by molar-refractivity contribution is 6.62. The van der Waals surface area contributed by atoms with Gasteiger partial charge in [-0.25, -0.2) is 0 Å². The molecule has 4 rings (SSSR count). The maximum atomic E-state index is 6.15. The first-order chi connectivity index (χ1) is 12.2. The van der Waals surface area contributed by atoms with Crippen molar-refractivity contribution in [3.05, 3.63) is 41.5 Å². The molecule has 2 bridgehead atoms. The molecule has 1 aromatic carbocycles. The summed E-state index contributed by atoms with van der Waals surface area (Å²) < 4.78 is 18.0. The van der Waals surface area contributed by atoms with Crippen molar-refractivity contribution in [2.24, 2.45) is 0 Å². The summed E-state index contributed by atoms with van der Waals surface area (Å²) in [5.74, 6) is 0. The third-order valence-electron chi connectivity index (χ3n) is 6.56. The number of hydrogen-bond donors (Lipinski definition) is 0. The van der Waals surface area contributed by atoms with Crippen LogP contribution in [0.5, 0.6) is 0 Å². The summed E-state index contributed by atoms with van der Waals surface area (Å²) in [6.07, 6.45) is 4.52. The van der Waals surface area contributed by atoms with Gasteiger partial charge >= 0.3 is 7.12 Å². The Balaban J connectivity index is 1.44. The zero-order chi connectivity index (χ0) is 18.5. The van der Waals surface area contributed by atoms with Crippen LogP contribution in [0.15, 0.2) is 35.9 Å². The van der Waals surface area contributed by atoms with Gasteiger partial charge < -0.3 is 14.0 Å². The number of fused-ring (bicyclic) bond motifs is 2. The summed E-state index contributed by atoms with van der Waals surface area (Å²) in [6.45, 7) is 10.0. The summed E-state index contributed by atoms with van der Waals surface area (Å²) in [6, 6.07) is 9.69. The fourth-order valence-corrected chi connectivity index (χ4v) is 4.01. The molecule has 5 heteroatoms. The lowest BCUT2D eigenvalue weighted by Gasteiger charge is -2.42. The van der Waals surface area contributed by atoms with Gasteiger partial charge in [-0.3, -0.25) is 4.90 Å². The maximum absolute atomic E-state index is 6.15. The van der Waals surface area contributed by atoms with Gasteiger partial charge in [0.1, 0.15) is 0 Å². The largest absolute Gasteiger partial charge is 0.494 e. The minimum absolute atomic E-state index is 0.284. The molecular formula is C21H30BNO3. The Morgan fingerprint density at radius 3 is 2.31 bits per heavy atom. The molecule has 0 saturated carbocycles. The first-order valence-corrected chi connectivity index (χ1v) is 9.69. The van der Waals surface area contributed by atoms with Gasteiger partial charge in [0.15, 0.2) is 0 Å². The molecular weight excluding hydrogens is 325 g/mol. The van der Waals surface area contributed by atoms with E-state index in [2.05, 4.69) is 70.0 Å². The van der Waals surface area contributed by atoms with Crippen molar-refractivity contribution in [1.82, 2.24) is 4.90 Å². The second kappa shape index (κ2) is 6.48. The lowest BCUT2D eigenvalue weighted by atomic mass is 9.78. The van der Waals surface area contributed by atoms with Crippen LogP contribution in [0.3, 0.4) is 0 Å². The van der Waals surface area contributed by atoms with E-state index in [4.69, 9.17) is 14.0 Å². The smallest absolute Gasteiger partial charge is 0.399 e. The second-order valence-corrected chi connectivity index (χ2v) is 8.96.